The van der Waals surface area contributed by atoms with E-state index in [0.29, 0.717) is 11.4 Å². The van der Waals surface area contributed by atoms with Gasteiger partial charge in [0.25, 0.3) is 5.91 Å². The Labute approximate surface area is 184 Å². The summed E-state index contributed by atoms with van der Waals surface area (Å²) < 4.78 is 0. The molecular weight excluding hydrogens is 386 g/mol. The van der Waals surface area contributed by atoms with Crippen LogP contribution < -0.4 is 5.32 Å². The van der Waals surface area contributed by atoms with Gasteiger partial charge in [-0.2, -0.15) is 9.90 Å². The Bertz CT molecular complexity index is 1080. The van der Waals surface area contributed by atoms with E-state index >= 15 is 0 Å². The van der Waals surface area contributed by atoms with Crippen LogP contribution in [0.25, 0.3) is 5.69 Å². The van der Waals surface area contributed by atoms with Gasteiger partial charge in [0.15, 0.2) is 5.69 Å². The molecule has 1 N–H and O–H groups in total. The lowest BCUT2D eigenvalue weighted by molar-refractivity contribution is 0.0903. The first-order valence-electron chi connectivity index (χ1n) is 11.0. The fourth-order valence-electron chi connectivity index (χ4n) is 4.28. The summed E-state index contributed by atoms with van der Waals surface area (Å²) in [5.41, 5.74) is 6.87. The van der Waals surface area contributed by atoms with E-state index in [0.717, 1.165) is 43.7 Å². The van der Waals surface area contributed by atoms with Gasteiger partial charge in [-0.05, 0) is 57.7 Å². The second-order valence-corrected chi connectivity index (χ2v) is 8.73. The molecule has 1 aliphatic heterocycles. The molecular formula is C25H31N5O. The highest BCUT2D eigenvalue weighted by molar-refractivity contribution is 5.93. The smallest absolute Gasteiger partial charge is 0.273 e. The van der Waals surface area contributed by atoms with E-state index < -0.39 is 0 Å². The van der Waals surface area contributed by atoms with Gasteiger partial charge < -0.3 is 5.32 Å². The molecule has 0 radical (unpaired) electrons. The molecule has 0 aliphatic carbocycles. The molecule has 1 fully saturated rings. The molecule has 0 saturated carbocycles. The van der Waals surface area contributed by atoms with Crippen molar-refractivity contribution in [1.29, 1.82) is 0 Å². The summed E-state index contributed by atoms with van der Waals surface area (Å²) in [5, 5.41) is 12.2. The standard InChI is InChI=1S/C25H31N5O/c1-17-6-5-7-21(15-17)16-29-12-10-22(11-13-29)26-25(31)24-20(4)27-30(28-24)23-9-8-18(2)14-19(23)3/h5-9,14-15,22H,10-13,16H2,1-4H3,(H,26,31). The quantitative estimate of drug-likeness (QED) is 0.684. The Balaban J connectivity index is 1.35. The third-order valence-corrected chi connectivity index (χ3v) is 5.98. The van der Waals surface area contributed by atoms with E-state index in [2.05, 4.69) is 64.6 Å². The number of nitrogens with zero attached hydrogens (tertiary/aromatic N) is 4. The fourth-order valence-corrected chi connectivity index (χ4v) is 4.28. The minimum absolute atomic E-state index is 0.134. The van der Waals surface area contributed by atoms with Gasteiger partial charge in [0.05, 0.1) is 11.4 Å². The maximum Gasteiger partial charge on any atom is 0.273 e. The van der Waals surface area contributed by atoms with Crippen LogP contribution in [0, 0.1) is 27.7 Å². The predicted molar refractivity (Wildman–Crippen MR) is 123 cm³/mol. The SMILES string of the molecule is Cc1cccc(CN2CCC(NC(=O)c3nn(-c4ccc(C)cc4C)nc3C)CC2)c1. The summed E-state index contributed by atoms with van der Waals surface area (Å²) >= 11 is 0. The number of benzene rings is 2. The van der Waals surface area contributed by atoms with Crippen molar-refractivity contribution in [2.75, 3.05) is 13.1 Å². The molecule has 0 spiro atoms. The number of hydrogen-bond acceptors (Lipinski definition) is 4. The highest BCUT2D eigenvalue weighted by Gasteiger charge is 2.24. The average Bonchev–Trinajstić information content (AvgIpc) is 3.11. The van der Waals surface area contributed by atoms with Crippen LogP contribution in [0.3, 0.4) is 0 Å². The molecule has 2 heterocycles. The summed E-state index contributed by atoms with van der Waals surface area (Å²) in [4.78, 5) is 16.9. The maximum absolute atomic E-state index is 12.9. The van der Waals surface area contributed by atoms with Crippen LogP contribution in [0.4, 0.5) is 0 Å². The van der Waals surface area contributed by atoms with Crippen LogP contribution in [-0.4, -0.2) is 44.9 Å². The molecule has 3 aromatic rings. The molecule has 162 valence electrons. The number of aryl methyl sites for hydroxylation is 4. The summed E-state index contributed by atoms with van der Waals surface area (Å²) in [6.45, 7) is 11.0. The molecule has 2 aromatic carbocycles. The van der Waals surface area contributed by atoms with Gasteiger partial charge in [0.2, 0.25) is 0 Å². The molecule has 31 heavy (non-hydrogen) atoms. The first-order valence-corrected chi connectivity index (χ1v) is 11.0. The van der Waals surface area contributed by atoms with Crippen molar-refractivity contribution in [2.45, 2.75) is 53.1 Å². The van der Waals surface area contributed by atoms with Crippen LogP contribution in [0.15, 0.2) is 42.5 Å². The Morgan fingerprint density at radius 2 is 1.74 bits per heavy atom. The van der Waals surface area contributed by atoms with Crippen molar-refractivity contribution in [2.24, 2.45) is 0 Å². The van der Waals surface area contributed by atoms with Gasteiger partial charge in [0, 0.05) is 25.7 Å². The van der Waals surface area contributed by atoms with Crippen LogP contribution in [0.2, 0.25) is 0 Å². The lowest BCUT2D eigenvalue weighted by Gasteiger charge is -2.32. The second kappa shape index (κ2) is 9.02. The zero-order chi connectivity index (χ0) is 22.0. The normalized spacial score (nSPS) is 15.2. The van der Waals surface area contributed by atoms with Gasteiger partial charge in [-0.3, -0.25) is 9.69 Å². The summed E-state index contributed by atoms with van der Waals surface area (Å²) in [6.07, 6.45) is 1.89. The molecule has 6 heteroatoms. The molecule has 1 aliphatic rings. The highest BCUT2D eigenvalue weighted by atomic mass is 16.2. The van der Waals surface area contributed by atoms with Crippen molar-refractivity contribution < 1.29 is 4.79 Å². The third-order valence-electron chi connectivity index (χ3n) is 5.98. The molecule has 0 unspecified atom stereocenters. The first kappa shape index (κ1) is 21.2. The van der Waals surface area contributed by atoms with Crippen molar-refractivity contribution in [1.82, 2.24) is 25.2 Å². The number of piperidine rings is 1. The van der Waals surface area contributed by atoms with Crippen molar-refractivity contribution in [3.63, 3.8) is 0 Å². The zero-order valence-electron chi connectivity index (χ0n) is 18.9. The molecule has 1 aromatic heterocycles. The van der Waals surface area contributed by atoms with E-state index in [1.54, 1.807) is 4.80 Å². The van der Waals surface area contributed by atoms with Crippen molar-refractivity contribution >= 4 is 5.91 Å². The number of carbonyl (C=O) groups is 1. The molecule has 4 rings (SSSR count). The van der Waals surface area contributed by atoms with Crippen LogP contribution >= 0.6 is 0 Å². The highest BCUT2D eigenvalue weighted by Crippen LogP contribution is 2.17. The summed E-state index contributed by atoms with van der Waals surface area (Å²) in [6, 6.07) is 15.0. The van der Waals surface area contributed by atoms with Gasteiger partial charge in [-0.25, -0.2) is 0 Å². The molecule has 0 atom stereocenters. The molecule has 6 nitrogen and oxygen atoms in total. The molecule has 1 amide bonds. The Hall–Kier alpha value is -2.99. The van der Waals surface area contributed by atoms with E-state index in [1.807, 2.05) is 26.0 Å². The molecule has 1 saturated heterocycles. The maximum atomic E-state index is 12.9. The number of amides is 1. The average molecular weight is 418 g/mol. The number of hydrogen-bond donors (Lipinski definition) is 1. The Kier molecular flexibility index (Phi) is 6.18. The van der Waals surface area contributed by atoms with Crippen LogP contribution in [0.5, 0.6) is 0 Å². The Morgan fingerprint density at radius 3 is 2.45 bits per heavy atom. The van der Waals surface area contributed by atoms with E-state index in [4.69, 9.17) is 0 Å². The van der Waals surface area contributed by atoms with Gasteiger partial charge in [-0.15, -0.1) is 5.10 Å². The number of aromatic nitrogens is 3. The largest absolute Gasteiger partial charge is 0.348 e. The van der Waals surface area contributed by atoms with E-state index in [9.17, 15) is 4.79 Å². The summed E-state index contributed by atoms with van der Waals surface area (Å²) in [5.74, 6) is -0.134. The van der Waals surface area contributed by atoms with E-state index in [-0.39, 0.29) is 11.9 Å². The van der Waals surface area contributed by atoms with Crippen molar-refractivity contribution in [3.8, 4) is 5.69 Å². The summed E-state index contributed by atoms with van der Waals surface area (Å²) in [7, 11) is 0. The fraction of sp³-hybridized carbons (Fsp3) is 0.400. The minimum atomic E-state index is -0.134. The Morgan fingerprint density at radius 1 is 1.00 bits per heavy atom. The topological polar surface area (TPSA) is 63.1 Å². The van der Waals surface area contributed by atoms with Gasteiger partial charge >= 0.3 is 0 Å². The van der Waals surface area contributed by atoms with Gasteiger partial charge in [0.1, 0.15) is 0 Å². The number of rotatable bonds is 5. The lowest BCUT2D eigenvalue weighted by Crippen LogP contribution is -2.44. The lowest BCUT2D eigenvalue weighted by atomic mass is 10.0. The van der Waals surface area contributed by atoms with Crippen molar-refractivity contribution in [3.05, 3.63) is 76.1 Å². The van der Waals surface area contributed by atoms with Gasteiger partial charge in [-0.1, -0.05) is 47.5 Å². The van der Waals surface area contributed by atoms with Crippen LogP contribution in [0.1, 0.15) is 51.3 Å². The second-order valence-electron chi connectivity index (χ2n) is 8.73. The number of nitrogens with one attached hydrogen (secondary N) is 1. The molecule has 0 bridgehead atoms. The zero-order valence-corrected chi connectivity index (χ0v) is 18.9. The monoisotopic (exact) mass is 417 g/mol. The predicted octanol–water partition coefficient (Wildman–Crippen LogP) is 3.90. The number of carbonyl (C=O) groups excluding carboxylic acids is 1. The van der Waals surface area contributed by atoms with Crippen LogP contribution in [-0.2, 0) is 6.54 Å². The first-order chi connectivity index (χ1) is 14.9. The number of likely N-dealkylation sites (tertiary alicyclic amines) is 1. The third kappa shape index (κ3) is 5.02. The van der Waals surface area contributed by atoms with E-state index in [1.165, 1.54) is 16.7 Å². The minimum Gasteiger partial charge on any atom is -0.348 e.